The SMILES string of the molecule is CCC(C)CC(=O)NCCCNCCCNC(=O)CCC(=O)N(CCCN=C(N)N)CCCN=C(N)N. The lowest BCUT2D eigenvalue weighted by Crippen LogP contribution is -2.35. The molecule has 0 saturated carbocycles. The van der Waals surface area contributed by atoms with Gasteiger partial charge in [-0.1, -0.05) is 20.3 Å². The Morgan fingerprint density at radius 1 is 0.757 bits per heavy atom. The predicted molar refractivity (Wildman–Crippen MR) is 149 cm³/mol. The lowest BCUT2D eigenvalue weighted by Gasteiger charge is -2.22. The molecule has 11 N–H and O–H groups in total. The molecule has 0 aromatic carbocycles. The van der Waals surface area contributed by atoms with E-state index >= 15 is 0 Å². The van der Waals surface area contributed by atoms with Crippen LogP contribution in [-0.2, 0) is 14.4 Å². The minimum absolute atomic E-state index is 0.0125. The third kappa shape index (κ3) is 21.9. The van der Waals surface area contributed by atoms with Crippen molar-refractivity contribution in [1.82, 2.24) is 20.9 Å². The second-order valence-electron chi connectivity index (χ2n) is 9.08. The quantitative estimate of drug-likeness (QED) is 0.0523. The molecule has 0 rings (SSSR count). The number of rotatable bonds is 22. The fourth-order valence-corrected chi connectivity index (χ4v) is 3.31. The molecule has 0 spiro atoms. The molecule has 0 aromatic heterocycles. The molecule has 0 radical (unpaired) electrons. The smallest absolute Gasteiger partial charge is 0.223 e. The Bertz CT molecular complexity index is 683. The summed E-state index contributed by atoms with van der Waals surface area (Å²) in [4.78, 5) is 46.1. The molecule has 0 heterocycles. The first kappa shape index (κ1) is 33.9. The molecule has 13 heteroatoms. The highest BCUT2D eigenvalue weighted by Crippen LogP contribution is 2.05. The molecular formula is C24H50N10O3. The van der Waals surface area contributed by atoms with Crippen molar-refractivity contribution in [3.05, 3.63) is 0 Å². The van der Waals surface area contributed by atoms with Gasteiger partial charge in [0, 0.05) is 58.5 Å². The first-order valence-electron chi connectivity index (χ1n) is 13.3. The Balaban J connectivity index is 4.05. The zero-order valence-electron chi connectivity index (χ0n) is 22.8. The van der Waals surface area contributed by atoms with E-state index in [-0.39, 0.29) is 42.5 Å². The van der Waals surface area contributed by atoms with E-state index in [1.54, 1.807) is 4.90 Å². The Morgan fingerprint density at radius 2 is 1.27 bits per heavy atom. The summed E-state index contributed by atoms with van der Waals surface area (Å²) in [7, 11) is 0. The number of carbonyl (C=O) groups excluding carboxylic acids is 3. The molecule has 0 aliphatic carbocycles. The molecule has 0 aliphatic heterocycles. The van der Waals surface area contributed by atoms with Gasteiger partial charge in [0.1, 0.15) is 0 Å². The van der Waals surface area contributed by atoms with E-state index in [9.17, 15) is 14.4 Å². The van der Waals surface area contributed by atoms with Crippen LogP contribution in [0.1, 0.15) is 65.2 Å². The molecule has 13 nitrogen and oxygen atoms in total. The zero-order chi connectivity index (χ0) is 27.9. The van der Waals surface area contributed by atoms with Crippen LogP contribution in [0.3, 0.4) is 0 Å². The van der Waals surface area contributed by atoms with E-state index in [0.29, 0.717) is 64.4 Å². The van der Waals surface area contributed by atoms with Gasteiger partial charge in [-0.15, -0.1) is 0 Å². The maximum atomic E-state index is 12.7. The third-order valence-corrected chi connectivity index (χ3v) is 5.62. The van der Waals surface area contributed by atoms with E-state index in [1.807, 2.05) is 0 Å². The molecule has 1 unspecified atom stereocenters. The first-order chi connectivity index (χ1) is 17.6. The van der Waals surface area contributed by atoms with Crippen molar-refractivity contribution in [1.29, 1.82) is 0 Å². The molecule has 1 atom stereocenters. The number of nitrogens with one attached hydrogen (secondary N) is 3. The van der Waals surface area contributed by atoms with Crippen LogP contribution in [0, 0.1) is 5.92 Å². The molecule has 0 fully saturated rings. The van der Waals surface area contributed by atoms with Gasteiger partial charge in [-0.3, -0.25) is 24.4 Å². The van der Waals surface area contributed by atoms with Crippen molar-refractivity contribution >= 4 is 29.6 Å². The summed E-state index contributed by atoms with van der Waals surface area (Å²) in [5.74, 6) is 0.280. The number of carbonyl (C=O) groups is 3. The molecule has 0 bridgehead atoms. The highest BCUT2D eigenvalue weighted by atomic mass is 16.2. The van der Waals surface area contributed by atoms with E-state index in [4.69, 9.17) is 22.9 Å². The van der Waals surface area contributed by atoms with Crippen molar-refractivity contribution in [2.24, 2.45) is 38.8 Å². The molecular weight excluding hydrogens is 476 g/mol. The maximum absolute atomic E-state index is 12.7. The highest BCUT2D eigenvalue weighted by Gasteiger charge is 2.14. The summed E-state index contributed by atoms with van der Waals surface area (Å²) in [6.45, 7) is 8.71. The highest BCUT2D eigenvalue weighted by molar-refractivity contribution is 5.83. The van der Waals surface area contributed by atoms with Crippen molar-refractivity contribution < 1.29 is 14.4 Å². The van der Waals surface area contributed by atoms with Crippen molar-refractivity contribution in [2.45, 2.75) is 65.2 Å². The molecule has 0 aliphatic rings. The Morgan fingerprint density at radius 3 is 1.76 bits per heavy atom. The zero-order valence-corrected chi connectivity index (χ0v) is 22.8. The second-order valence-corrected chi connectivity index (χ2v) is 9.08. The molecule has 37 heavy (non-hydrogen) atoms. The van der Waals surface area contributed by atoms with Crippen LogP contribution < -0.4 is 38.9 Å². The fourth-order valence-electron chi connectivity index (χ4n) is 3.31. The van der Waals surface area contributed by atoms with Crippen molar-refractivity contribution in [3.8, 4) is 0 Å². The van der Waals surface area contributed by atoms with E-state index in [2.05, 4.69) is 39.8 Å². The maximum Gasteiger partial charge on any atom is 0.223 e. The number of amides is 3. The number of nitrogens with zero attached hydrogens (tertiary/aromatic N) is 3. The predicted octanol–water partition coefficient (Wildman–Crippen LogP) is -1.04. The van der Waals surface area contributed by atoms with Gasteiger partial charge in [0.05, 0.1) is 0 Å². The van der Waals surface area contributed by atoms with Crippen LogP contribution in [0.15, 0.2) is 9.98 Å². The largest absolute Gasteiger partial charge is 0.370 e. The Hall–Kier alpha value is -3.09. The summed E-state index contributed by atoms with van der Waals surface area (Å²) < 4.78 is 0. The molecule has 0 aromatic rings. The lowest BCUT2D eigenvalue weighted by molar-refractivity contribution is -0.133. The van der Waals surface area contributed by atoms with Crippen LogP contribution in [0.5, 0.6) is 0 Å². The van der Waals surface area contributed by atoms with E-state index in [0.717, 1.165) is 32.4 Å². The minimum atomic E-state index is -0.154. The summed E-state index contributed by atoms with van der Waals surface area (Å²) in [6, 6.07) is 0. The molecule has 0 saturated heterocycles. The first-order valence-corrected chi connectivity index (χ1v) is 13.3. The van der Waals surface area contributed by atoms with Crippen LogP contribution in [0.25, 0.3) is 0 Å². The van der Waals surface area contributed by atoms with Gasteiger partial charge in [-0.05, 0) is 44.7 Å². The topological polar surface area (TPSA) is 219 Å². The average molecular weight is 527 g/mol. The number of hydrogen-bond donors (Lipinski definition) is 7. The number of nitrogens with two attached hydrogens (primary N) is 4. The van der Waals surface area contributed by atoms with Gasteiger partial charge < -0.3 is 43.8 Å². The van der Waals surface area contributed by atoms with Gasteiger partial charge in [-0.2, -0.15) is 0 Å². The fraction of sp³-hybridized carbons (Fsp3) is 0.792. The van der Waals surface area contributed by atoms with Gasteiger partial charge in [-0.25, -0.2) is 0 Å². The summed E-state index contributed by atoms with van der Waals surface area (Å²) in [6.07, 6.45) is 4.68. The monoisotopic (exact) mass is 526 g/mol. The van der Waals surface area contributed by atoms with Crippen molar-refractivity contribution in [3.63, 3.8) is 0 Å². The van der Waals surface area contributed by atoms with E-state index < -0.39 is 0 Å². The van der Waals surface area contributed by atoms with Gasteiger partial charge in [0.25, 0.3) is 0 Å². The summed E-state index contributed by atoms with van der Waals surface area (Å²) >= 11 is 0. The van der Waals surface area contributed by atoms with Gasteiger partial charge in [0.2, 0.25) is 17.7 Å². The van der Waals surface area contributed by atoms with Crippen LogP contribution in [0.2, 0.25) is 0 Å². The normalized spacial score (nSPS) is 11.3. The summed E-state index contributed by atoms with van der Waals surface area (Å²) in [5.41, 5.74) is 21.3. The number of guanidine groups is 2. The summed E-state index contributed by atoms with van der Waals surface area (Å²) in [5, 5.41) is 9.08. The lowest BCUT2D eigenvalue weighted by atomic mass is 10.1. The molecule has 3 amide bonds. The second kappa shape index (κ2) is 22.1. The Kier molecular flexibility index (Phi) is 20.3. The minimum Gasteiger partial charge on any atom is -0.370 e. The van der Waals surface area contributed by atoms with Crippen molar-refractivity contribution in [2.75, 3.05) is 52.4 Å². The average Bonchev–Trinajstić information content (AvgIpc) is 2.84. The number of hydrogen-bond acceptors (Lipinski definition) is 6. The van der Waals surface area contributed by atoms with Crippen LogP contribution >= 0.6 is 0 Å². The Labute approximate surface area is 221 Å². The van der Waals surface area contributed by atoms with Crippen LogP contribution in [0.4, 0.5) is 0 Å². The van der Waals surface area contributed by atoms with Gasteiger partial charge in [0.15, 0.2) is 11.9 Å². The number of aliphatic imine (C=N–C) groups is 2. The van der Waals surface area contributed by atoms with Gasteiger partial charge >= 0.3 is 0 Å². The third-order valence-electron chi connectivity index (χ3n) is 5.62. The molecule has 214 valence electrons. The van der Waals surface area contributed by atoms with Crippen LogP contribution in [-0.4, -0.2) is 86.9 Å². The van der Waals surface area contributed by atoms with E-state index in [1.165, 1.54) is 0 Å². The standard InChI is InChI=1S/C24H50N10O3/c1-3-19(2)18-21(36)31-13-5-11-29-10-4-12-30-20(35)8-9-22(37)34(16-6-14-32-23(25)26)17-7-15-33-24(27)28/h19,29H,3-18H2,1-2H3,(H,30,35)(H,31,36)(H4,25,26,32)(H4,27,28,33).